The van der Waals surface area contributed by atoms with Gasteiger partial charge < -0.3 is 21.2 Å². The molecule has 0 unspecified atom stereocenters. The molecule has 0 aliphatic rings. The first-order chi connectivity index (χ1) is 8.52. The van der Waals surface area contributed by atoms with Gasteiger partial charge in [0.05, 0.1) is 18.4 Å². The van der Waals surface area contributed by atoms with Gasteiger partial charge in [-0.2, -0.15) is 0 Å². The van der Waals surface area contributed by atoms with Gasteiger partial charge in [-0.05, 0) is 24.3 Å². The molecular formula is C12H12ClN3O2. The number of amides is 1. The monoisotopic (exact) mass is 265 g/mol. The lowest BCUT2D eigenvalue weighted by Crippen LogP contribution is -2.11. The van der Waals surface area contributed by atoms with Crippen molar-refractivity contribution in [2.45, 2.75) is 0 Å². The number of nitrogens with two attached hydrogens (primary N) is 2. The molecule has 6 heteroatoms. The highest BCUT2D eigenvalue weighted by molar-refractivity contribution is 6.31. The number of aromatic amines is 1. The number of benzene rings is 1. The molecule has 18 heavy (non-hydrogen) atoms. The minimum absolute atomic E-state index is 0.222. The van der Waals surface area contributed by atoms with E-state index in [1.807, 2.05) is 0 Å². The van der Waals surface area contributed by atoms with E-state index in [0.29, 0.717) is 22.0 Å². The summed E-state index contributed by atoms with van der Waals surface area (Å²) < 4.78 is 5.23. The van der Waals surface area contributed by atoms with Crippen molar-refractivity contribution in [3.8, 4) is 17.0 Å². The van der Waals surface area contributed by atoms with Gasteiger partial charge in [-0.3, -0.25) is 4.79 Å². The molecule has 5 nitrogen and oxygen atoms in total. The smallest absolute Gasteiger partial charge is 0.252 e. The number of aromatic nitrogens is 1. The second-order valence-electron chi connectivity index (χ2n) is 3.72. The average Bonchev–Trinajstić information content (AvgIpc) is 2.71. The molecule has 0 fully saturated rings. The number of anilines is 1. The van der Waals surface area contributed by atoms with Gasteiger partial charge in [-0.25, -0.2) is 0 Å². The van der Waals surface area contributed by atoms with Gasteiger partial charge in [0.15, 0.2) is 0 Å². The number of nitrogen functional groups attached to an aromatic ring is 1. The van der Waals surface area contributed by atoms with Crippen LogP contribution in [0.1, 0.15) is 10.4 Å². The van der Waals surface area contributed by atoms with Crippen molar-refractivity contribution in [2.24, 2.45) is 5.73 Å². The molecule has 0 aliphatic heterocycles. The molecule has 0 bridgehead atoms. The summed E-state index contributed by atoms with van der Waals surface area (Å²) in [4.78, 5) is 14.0. The zero-order valence-corrected chi connectivity index (χ0v) is 10.4. The molecule has 0 aliphatic carbocycles. The molecule has 2 rings (SSSR count). The SMILES string of the molecule is COc1ccc(Cl)cc1-c1cc(C(N)=O)c(N)[nH]1. The number of ether oxygens (including phenoxy) is 1. The Balaban J connectivity index is 2.58. The van der Waals surface area contributed by atoms with Gasteiger partial charge >= 0.3 is 0 Å². The van der Waals surface area contributed by atoms with Crippen molar-refractivity contribution in [3.05, 3.63) is 34.9 Å². The fourth-order valence-electron chi connectivity index (χ4n) is 1.71. The van der Waals surface area contributed by atoms with Crippen molar-refractivity contribution in [2.75, 3.05) is 12.8 Å². The lowest BCUT2D eigenvalue weighted by Gasteiger charge is -2.07. The maximum Gasteiger partial charge on any atom is 0.252 e. The maximum atomic E-state index is 11.2. The van der Waals surface area contributed by atoms with Gasteiger partial charge in [0.25, 0.3) is 5.91 Å². The molecule has 0 atom stereocenters. The van der Waals surface area contributed by atoms with Crippen molar-refractivity contribution in [1.29, 1.82) is 0 Å². The Labute approximate surface area is 109 Å². The molecule has 1 aromatic heterocycles. The number of primary amides is 1. The molecule has 0 saturated heterocycles. The third kappa shape index (κ3) is 2.12. The summed E-state index contributed by atoms with van der Waals surface area (Å²) >= 11 is 5.94. The van der Waals surface area contributed by atoms with Crippen LogP contribution in [0.2, 0.25) is 5.02 Å². The Morgan fingerprint density at radius 1 is 1.39 bits per heavy atom. The molecule has 1 aromatic carbocycles. The lowest BCUT2D eigenvalue weighted by atomic mass is 10.1. The molecule has 1 amide bonds. The number of hydrogen-bond donors (Lipinski definition) is 3. The van der Waals surface area contributed by atoms with Crippen molar-refractivity contribution in [1.82, 2.24) is 4.98 Å². The van der Waals surface area contributed by atoms with E-state index in [9.17, 15) is 4.79 Å². The number of nitrogens with one attached hydrogen (secondary N) is 1. The molecule has 1 heterocycles. The number of H-pyrrole nitrogens is 1. The first-order valence-electron chi connectivity index (χ1n) is 5.15. The molecule has 0 radical (unpaired) electrons. The van der Waals surface area contributed by atoms with Crippen LogP contribution in [0.15, 0.2) is 24.3 Å². The van der Waals surface area contributed by atoms with E-state index in [1.165, 1.54) is 0 Å². The topological polar surface area (TPSA) is 94.1 Å². The predicted molar refractivity (Wildman–Crippen MR) is 70.7 cm³/mol. The van der Waals surface area contributed by atoms with Gasteiger partial charge in [0.1, 0.15) is 11.6 Å². The van der Waals surface area contributed by atoms with Crippen LogP contribution in [0.5, 0.6) is 5.75 Å². The van der Waals surface area contributed by atoms with E-state index in [-0.39, 0.29) is 11.4 Å². The summed E-state index contributed by atoms with van der Waals surface area (Å²) in [6.07, 6.45) is 0. The minimum Gasteiger partial charge on any atom is -0.496 e. The Morgan fingerprint density at radius 2 is 2.11 bits per heavy atom. The molecule has 2 aromatic rings. The van der Waals surface area contributed by atoms with Gasteiger partial charge in [0.2, 0.25) is 0 Å². The summed E-state index contributed by atoms with van der Waals surface area (Å²) in [5.41, 5.74) is 12.5. The second-order valence-corrected chi connectivity index (χ2v) is 4.16. The van der Waals surface area contributed by atoms with Crippen LogP contribution in [0.3, 0.4) is 0 Å². The Hall–Kier alpha value is -2.14. The second kappa shape index (κ2) is 4.62. The van der Waals surface area contributed by atoms with Crippen molar-refractivity contribution in [3.63, 3.8) is 0 Å². The van der Waals surface area contributed by atoms with E-state index < -0.39 is 5.91 Å². The zero-order chi connectivity index (χ0) is 13.3. The Morgan fingerprint density at radius 3 is 2.67 bits per heavy atom. The fraction of sp³-hybridized carbons (Fsp3) is 0.0833. The van der Waals surface area contributed by atoms with Crippen LogP contribution in [0.4, 0.5) is 5.82 Å². The van der Waals surface area contributed by atoms with Crippen LogP contribution >= 0.6 is 11.6 Å². The molecule has 5 N–H and O–H groups in total. The van der Waals surface area contributed by atoms with Crippen molar-refractivity contribution < 1.29 is 9.53 Å². The molecule has 94 valence electrons. The van der Waals surface area contributed by atoms with Crippen LogP contribution in [0.25, 0.3) is 11.3 Å². The molecule has 0 saturated carbocycles. The third-order valence-corrected chi connectivity index (χ3v) is 2.80. The number of hydrogen-bond acceptors (Lipinski definition) is 3. The third-order valence-electron chi connectivity index (χ3n) is 2.57. The first-order valence-corrected chi connectivity index (χ1v) is 5.53. The highest BCUT2D eigenvalue weighted by atomic mass is 35.5. The Kier molecular flexibility index (Phi) is 3.16. The maximum absolute atomic E-state index is 11.2. The summed E-state index contributed by atoms with van der Waals surface area (Å²) in [5.74, 6) is 0.257. The molecule has 0 spiro atoms. The zero-order valence-electron chi connectivity index (χ0n) is 9.66. The first kappa shape index (κ1) is 12.3. The van der Waals surface area contributed by atoms with E-state index in [0.717, 1.165) is 0 Å². The highest BCUT2D eigenvalue weighted by Crippen LogP contribution is 2.33. The lowest BCUT2D eigenvalue weighted by molar-refractivity contribution is 0.100. The van der Waals surface area contributed by atoms with E-state index in [2.05, 4.69) is 4.98 Å². The molecular weight excluding hydrogens is 254 g/mol. The number of carbonyl (C=O) groups excluding carboxylic acids is 1. The quantitative estimate of drug-likeness (QED) is 0.792. The number of halogens is 1. The number of carbonyl (C=O) groups is 1. The van der Waals surface area contributed by atoms with E-state index in [4.69, 9.17) is 27.8 Å². The number of methoxy groups -OCH3 is 1. The van der Waals surface area contributed by atoms with E-state index >= 15 is 0 Å². The van der Waals surface area contributed by atoms with Gasteiger partial charge in [-0.1, -0.05) is 11.6 Å². The van der Waals surface area contributed by atoms with Crippen LogP contribution in [0, 0.1) is 0 Å². The summed E-state index contributed by atoms with van der Waals surface area (Å²) in [5, 5.41) is 0.555. The minimum atomic E-state index is -0.587. The average molecular weight is 266 g/mol. The fourth-order valence-corrected chi connectivity index (χ4v) is 1.88. The summed E-state index contributed by atoms with van der Waals surface area (Å²) in [6, 6.07) is 6.74. The summed E-state index contributed by atoms with van der Waals surface area (Å²) in [7, 11) is 1.55. The van der Waals surface area contributed by atoms with Crippen LogP contribution in [-0.4, -0.2) is 18.0 Å². The van der Waals surface area contributed by atoms with Crippen LogP contribution < -0.4 is 16.2 Å². The van der Waals surface area contributed by atoms with Gasteiger partial charge in [-0.15, -0.1) is 0 Å². The van der Waals surface area contributed by atoms with E-state index in [1.54, 1.807) is 31.4 Å². The Bertz CT molecular complexity index is 607. The normalized spacial score (nSPS) is 10.3. The summed E-state index contributed by atoms with van der Waals surface area (Å²) in [6.45, 7) is 0. The van der Waals surface area contributed by atoms with Crippen molar-refractivity contribution >= 4 is 23.3 Å². The van der Waals surface area contributed by atoms with Gasteiger partial charge in [0, 0.05) is 10.6 Å². The highest BCUT2D eigenvalue weighted by Gasteiger charge is 2.14. The largest absolute Gasteiger partial charge is 0.496 e. The standard InChI is InChI=1S/C12H12ClN3O2/c1-18-10-3-2-6(13)4-7(10)9-5-8(12(15)17)11(14)16-9/h2-5,16H,14H2,1H3,(H2,15,17). The number of rotatable bonds is 3. The predicted octanol–water partition coefficient (Wildman–Crippen LogP) is 2.02. The van der Waals surface area contributed by atoms with Crippen LogP contribution in [-0.2, 0) is 0 Å².